The quantitative estimate of drug-likeness (QED) is 0.873. The average molecular weight is 284 g/mol. The van der Waals surface area contributed by atoms with E-state index in [1.165, 1.54) is 0 Å². The van der Waals surface area contributed by atoms with Crippen molar-refractivity contribution in [1.82, 2.24) is 15.2 Å². The van der Waals surface area contributed by atoms with E-state index in [4.69, 9.17) is 16.3 Å². The number of ether oxygens (including phenoxy) is 1. The molecular formula is C13H18ClN3O2. The largest absolute Gasteiger partial charge is 0.374 e. The van der Waals surface area contributed by atoms with Gasteiger partial charge in [-0.05, 0) is 18.9 Å². The molecular weight excluding hydrogens is 266 g/mol. The van der Waals surface area contributed by atoms with Gasteiger partial charge in [-0.25, -0.2) is 0 Å². The van der Waals surface area contributed by atoms with E-state index in [-0.39, 0.29) is 12.0 Å². The van der Waals surface area contributed by atoms with Gasteiger partial charge in [-0.3, -0.25) is 4.79 Å². The predicted octanol–water partition coefficient (Wildman–Crippen LogP) is 1.19. The summed E-state index contributed by atoms with van der Waals surface area (Å²) in [6.07, 6.45) is 4.15. The molecule has 3 rings (SSSR count). The number of aromatic nitrogens is 1. The molecule has 1 aliphatic heterocycles. The van der Waals surface area contributed by atoms with E-state index in [2.05, 4.69) is 10.6 Å². The second kappa shape index (κ2) is 5.53. The van der Waals surface area contributed by atoms with Crippen LogP contribution in [-0.4, -0.2) is 42.8 Å². The van der Waals surface area contributed by atoms with Gasteiger partial charge in [0.1, 0.15) is 5.69 Å². The van der Waals surface area contributed by atoms with Crippen molar-refractivity contribution in [3.05, 3.63) is 23.0 Å². The first-order valence-electron chi connectivity index (χ1n) is 6.72. The first-order valence-corrected chi connectivity index (χ1v) is 7.10. The number of rotatable bonds is 4. The highest BCUT2D eigenvalue weighted by atomic mass is 35.5. The summed E-state index contributed by atoms with van der Waals surface area (Å²) in [4.78, 5) is 12.2. The summed E-state index contributed by atoms with van der Waals surface area (Å²) in [6, 6.07) is 2.18. The average Bonchev–Trinajstić information content (AvgIpc) is 3.20. The van der Waals surface area contributed by atoms with E-state index in [9.17, 15) is 4.79 Å². The number of morpholine rings is 1. The molecule has 19 heavy (non-hydrogen) atoms. The van der Waals surface area contributed by atoms with Gasteiger partial charge >= 0.3 is 0 Å². The molecule has 1 aromatic rings. The number of halogens is 1. The first kappa shape index (κ1) is 13.0. The second-order valence-corrected chi connectivity index (χ2v) is 5.53. The number of nitrogens with one attached hydrogen (secondary N) is 2. The SMILES string of the molecule is O=C(NCC1CNCCO1)c1cc(Cl)cn1C1CC1. The van der Waals surface area contributed by atoms with Crippen LogP contribution in [0.3, 0.4) is 0 Å². The Hall–Kier alpha value is -1.04. The molecule has 0 bridgehead atoms. The zero-order valence-electron chi connectivity index (χ0n) is 10.7. The Morgan fingerprint density at radius 2 is 2.42 bits per heavy atom. The molecule has 1 aromatic heterocycles. The molecule has 0 aromatic carbocycles. The van der Waals surface area contributed by atoms with Crippen molar-refractivity contribution in [2.45, 2.75) is 25.0 Å². The fraction of sp³-hybridized carbons (Fsp3) is 0.615. The minimum atomic E-state index is -0.0760. The summed E-state index contributed by atoms with van der Waals surface area (Å²) in [7, 11) is 0. The molecule has 1 amide bonds. The van der Waals surface area contributed by atoms with Gasteiger partial charge in [-0.1, -0.05) is 11.6 Å². The third-order valence-electron chi connectivity index (χ3n) is 3.48. The lowest BCUT2D eigenvalue weighted by Gasteiger charge is -2.23. The molecule has 2 aliphatic rings. The standard InChI is InChI=1S/C13H18ClN3O2/c14-9-5-12(17(8-9)10-1-2-10)13(18)16-7-11-6-15-3-4-19-11/h5,8,10-11,15H,1-4,6-7H2,(H,16,18). The minimum absolute atomic E-state index is 0.0532. The van der Waals surface area contributed by atoms with E-state index < -0.39 is 0 Å². The zero-order chi connectivity index (χ0) is 13.2. The van der Waals surface area contributed by atoms with Crippen molar-refractivity contribution < 1.29 is 9.53 Å². The van der Waals surface area contributed by atoms with E-state index >= 15 is 0 Å². The summed E-state index contributed by atoms with van der Waals surface area (Å²) >= 11 is 5.99. The second-order valence-electron chi connectivity index (χ2n) is 5.09. The molecule has 1 saturated heterocycles. The highest BCUT2D eigenvalue weighted by Gasteiger charge is 2.28. The summed E-state index contributed by atoms with van der Waals surface area (Å²) in [5, 5.41) is 6.78. The highest BCUT2D eigenvalue weighted by Crippen LogP contribution is 2.37. The molecule has 1 unspecified atom stereocenters. The fourth-order valence-electron chi connectivity index (χ4n) is 2.33. The smallest absolute Gasteiger partial charge is 0.268 e. The van der Waals surface area contributed by atoms with Crippen molar-refractivity contribution >= 4 is 17.5 Å². The van der Waals surface area contributed by atoms with Crippen LogP contribution in [0, 0.1) is 0 Å². The Morgan fingerprint density at radius 3 is 3.11 bits per heavy atom. The Bertz CT molecular complexity index is 464. The normalized spacial score (nSPS) is 23.3. The zero-order valence-corrected chi connectivity index (χ0v) is 11.4. The lowest BCUT2D eigenvalue weighted by atomic mass is 10.3. The molecule has 2 heterocycles. The maximum absolute atomic E-state index is 12.2. The van der Waals surface area contributed by atoms with Crippen LogP contribution in [0.2, 0.25) is 5.02 Å². The highest BCUT2D eigenvalue weighted by molar-refractivity contribution is 6.31. The third-order valence-corrected chi connectivity index (χ3v) is 3.69. The molecule has 1 atom stereocenters. The number of nitrogens with zero attached hydrogens (tertiary/aromatic N) is 1. The molecule has 104 valence electrons. The number of hydrogen-bond donors (Lipinski definition) is 2. The van der Waals surface area contributed by atoms with Gasteiger partial charge in [0.15, 0.2) is 0 Å². The van der Waals surface area contributed by atoms with Gasteiger partial charge in [0.2, 0.25) is 0 Å². The Morgan fingerprint density at radius 1 is 1.58 bits per heavy atom. The monoisotopic (exact) mass is 283 g/mol. The molecule has 1 aliphatic carbocycles. The Kier molecular flexibility index (Phi) is 3.77. The van der Waals surface area contributed by atoms with Gasteiger partial charge < -0.3 is 19.9 Å². The lowest BCUT2D eigenvalue weighted by molar-refractivity contribution is 0.0286. The molecule has 5 nitrogen and oxygen atoms in total. The van der Waals surface area contributed by atoms with Crippen LogP contribution in [0.25, 0.3) is 0 Å². The predicted molar refractivity (Wildman–Crippen MR) is 72.7 cm³/mol. The van der Waals surface area contributed by atoms with Crippen molar-refractivity contribution in [1.29, 1.82) is 0 Å². The third kappa shape index (κ3) is 3.11. The van der Waals surface area contributed by atoms with Crippen LogP contribution in [0.1, 0.15) is 29.4 Å². The van der Waals surface area contributed by atoms with Crippen LogP contribution < -0.4 is 10.6 Å². The van der Waals surface area contributed by atoms with Crippen LogP contribution >= 0.6 is 11.6 Å². The first-order chi connectivity index (χ1) is 9.24. The van der Waals surface area contributed by atoms with Crippen molar-refractivity contribution in [3.63, 3.8) is 0 Å². The van der Waals surface area contributed by atoms with Crippen LogP contribution in [0.5, 0.6) is 0 Å². The van der Waals surface area contributed by atoms with Crippen molar-refractivity contribution in [3.8, 4) is 0 Å². The molecule has 1 saturated carbocycles. The van der Waals surface area contributed by atoms with Crippen molar-refractivity contribution in [2.24, 2.45) is 0 Å². The summed E-state index contributed by atoms with van der Waals surface area (Å²) in [6.45, 7) is 2.89. The summed E-state index contributed by atoms with van der Waals surface area (Å²) < 4.78 is 7.53. The van der Waals surface area contributed by atoms with E-state index in [1.54, 1.807) is 6.07 Å². The van der Waals surface area contributed by atoms with Gasteiger partial charge in [0, 0.05) is 31.9 Å². The van der Waals surface area contributed by atoms with E-state index in [1.807, 2.05) is 10.8 Å². The van der Waals surface area contributed by atoms with E-state index in [0.29, 0.717) is 29.9 Å². The van der Waals surface area contributed by atoms with E-state index in [0.717, 1.165) is 25.9 Å². The summed E-state index contributed by atoms with van der Waals surface area (Å²) in [5.41, 5.74) is 0.649. The van der Waals surface area contributed by atoms with Crippen LogP contribution in [0.15, 0.2) is 12.3 Å². The minimum Gasteiger partial charge on any atom is -0.374 e. The molecule has 6 heteroatoms. The Labute approximate surface area is 117 Å². The maximum atomic E-state index is 12.2. The van der Waals surface area contributed by atoms with Crippen molar-refractivity contribution in [2.75, 3.05) is 26.2 Å². The molecule has 0 spiro atoms. The van der Waals surface area contributed by atoms with Gasteiger partial charge in [-0.2, -0.15) is 0 Å². The topological polar surface area (TPSA) is 55.3 Å². The molecule has 2 N–H and O–H groups in total. The van der Waals surface area contributed by atoms with Crippen LogP contribution in [0.4, 0.5) is 0 Å². The van der Waals surface area contributed by atoms with Gasteiger partial charge in [0.25, 0.3) is 5.91 Å². The van der Waals surface area contributed by atoms with Gasteiger partial charge in [-0.15, -0.1) is 0 Å². The maximum Gasteiger partial charge on any atom is 0.268 e. The summed E-state index contributed by atoms with van der Waals surface area (Å²) in [5.74, 6) is -0.0760. The van der Waals surface area contributed by atoms with Crippen LogP contribution in [-0.2, 0) is 4.74 Å². The number of hydrogen-bond acceptors (Lipinski definition) is 3. The number of carbonyl (C=O) groups excluding carboxylic acids is 1. The molecule has 2 fully saturated rings. The number of carbonyl (C=O) groups is 1. The fourth-order valence-corrected chi connectivity index (χ4v) is 2.54. The molecule has 0 radical (unpaired) electrons. The lowest BCUT2D eigenvalue weighted by Crippen LogP contribution is -2.45. The number of amides is 1. The Balaban J connectivity index is 1.60. The van der Waals surface area contributed by atoms with Gasteiger partial charge in [0.05, 0.1) is 17.7 Å².